The second kappa shape index (κ2) is 47.4. The molecule has 0 bridgehead atoms. The summed E-state index contributed by atoms with van der Waals surface area (Å²) in [6.45, 7) is 7.64. The standard InChI is InChI=1S/C71H107N17O26/c1-33(2)18-12-10-11-13-22-49(91)78-42(25-38-30-75-40-20-15-14-19-39(38)40)62(102)82-44(27-48(74)90)63(103)83-46(29-54(98)99)66(106)86-57-37(7)114-71(112)55(34(3)4)84-68(108)56(35(5)24-52(94)95)85-65(105)43(26-47(73)89)79-50(92)31-76-67(107)58(59(113-9)70(110)111)87-61(101)41(21-16-17-23-72)80-64(104)45(28-53(96)97)81-60(100)36(6)77-51(93)32-88(8)69(57)109/h14-15,19-20,30,33-37,41-46,55-59,75H,10-13,16-18,21-29,31-32,72H2,1-9H3,(H2,73,89)(H2,74,90)(H,76,107)(H,77,93)(H,78,91)(H,79,92)(H,80,104)(H,81,100)(H,82,102)(H,83,103)(H,84,108)(H,85,105)(H,86,106)(H,87,101)(H,94,95)(H,96,97)(H,98,99)(H,110,111). The lowest BCUT2D eigenvalue weighted by atomic mass is 9.95. The molecule has 2 heterocycles. The first-order valence-corrected chi connectivity index (χ1v) is 36.8. The minimum atomic E-state index is -2.32. The van der Waals surface area contributed by atoms with Crippen LogP contribution in [0.5, 0.6) is 0 Å². The van der Waals surface area contributed by atoms with E-state index in [1.54, 1.807) is 30.5 Å². The summed E-state index contributed by atoms with van der Waals surface area (Å²) < 4.78 is 10.7. The number of nitrogens with two attached hydrogens (primary N) is 3. The van der Waals surface area contributed by atoms with Crippen molar-refractivity contribution in [3.63, 3.8) is 0 Å². The van der Waals surface area contributed by atoms with Crippen LogP contribution in [-0.2, 0) is 112 Å². The number of likely N-dealkylation sites (N-methyl/N-ethyl adjacent to an activating group) is 1. The van der Waals surface area contributed by atoms with Gasteiger partial charge in [0, 0.05) is 44.1 Å². The first kappa shape index (κ1) is 96.3. The number of para-hydroxylation sites is 1. The van der Waals surface area contributed by atoms with Crippen molar-refractivity contribution in [1.82, 2.24) is 73.7 Å². The lowest BCUT2D eigenvalue weighted by molar-refractivity contribution is -0.159. The van der Waals surface area contributed by atoms with E-state index in [4.69, 9.17) is 26.7 Å². The number of fused-ring (bicyclic) bond motifs is 1. The van der Waals surface area contributed by atoms with Gasteiger partial charge in [-0.25, -0.2) is 9.59 Å². The maximum Gasteiger partial charge on any atom is 0.335 e. The van der Waals surface area contributed by atoms with E-state index in [0.717, 1.165) is 54.2 Å². The second-order valence-electron chi connectivity index (χ2n) is 28.3. The largest absolute Gasteiger partial charge is 0.481 e. The molecule has 3 rings (SSSR count). The van der Waals surface area contributed by atoms with Crippen LogP contribution in [0, 0.1) is 17.8 Å². The number of carbonyl (C=O) groups is 20. The summed E-state index contributed by atoms with van der Waals surface area (Å²) in [5.74, 6) is -29.9. The van der Waals surface area contributed by atoms with Gasteiger partial charge in [0.05, 0.1) is 45.2 Å². The first-order valence-electron chi connectivity index (χ1n) is 36.8. The molecule has 1 aliphatic rings. The molecule has 23 N–H and O–H groups in total. The number of aliphatic carboxylic acids is 4. The average Bonchev–Trinajstić information content (AvgIpc) is 1.52. The summed E-state index contributed by atoms with van der Waals surface area (Å²) in [7, 11) is 1.73. The van der Waals surface area contributed by atoms with Crippen molar-refractivity contribution in [3.05, 3.63) is 36.0 Å². The minimum absolute atomic E-state index is 0.00833. The smallest absolute Gasteiger partial charge is 0.335 e. The Morgan fingerprint density at radius 3 is 1.76 bits per heavy atom. The number of carboxylic acids is 4. The number of ether oxygens (including phenoxy) is 2. The number of primary amides is 2. The number of H-pyrrole nitrogens is 1. The van der Waals surface area contributed by atoms with Crippen LogP contribution in [0.1, 0.15) is 144 Å². The number of amides is 15. The highest BCUT2D eigenvalue weighted by Crippen LogP contribution is 2.21. The van der Waals surface area contributed by atoms with Crippen molar-refractivity contribution in [3.8, 4) is 0 Å². The summed E-state index contributed by atoms with van der Waals surface area (Å²) in [5.41, 5.74) is 17.9. The molecule has 43 nitrogen and oxygen atoms in total. The van der Waals surface area contributed by atoms with Gasteiger partial charge in [0.1, 0.15) is 72.6 Å². The number of cyclic esters (lactones) is 1. The molecule has 0 aliphatic carbocycles. The molecule has 43 heteroatoms. The number of benzene rings is 1. The molecule has 1 aliphatic heterocycles. The monoisotopic (exact) mass is 1610 g/mol. The number of aromatic amines is 1. The quantitative estimate of drug-likeness (QED) is 0.0226. The minimum Gasteiger partial charge on any atom is -0.481 e. The Labute approximate surface area is 654 Å². The molecular weight excluding hydrogens is 1510 g/mol. The van der Waals surface area contributed by atoms with E-state index in [9.17, 15) is 116 Å². The average molecular weight is 1610 g/mol. The van der Waals surface area contributed by atoms with E-state index < -0.39 is 254 Å². The highest BCUT2D eigenvalue weighted by Gasteiger charge is 2.43. The fraction of sp³-hybridized carbons (Fsp3) is 0.606. The summed E-state index contributed by atoms with van der Waals surface area (Å²) >= 11 is 0. The van der Waals surface area contributed by atoms with Crippen LogP contribution < -0.4 is 81.0 Å². The van der Waals surface area contributed by atoms with Crippen LogP contribution in [0.25, 0.3) is 10.9 Å². The Morgan fingerprint density at radius 2 is 1.18 bits per heavy atom. The predicted octanol–water partition coefficient (Wildman–Crippen LogP) is -5.72. The number of carbonyl (C=O) groups excluding carboxylic acids is 16. The van der Waals surface area contributed by atoms with Crippen LogP contribution in [0.15, 0.2) is 30.5 Å². The van der Waals surface area contributed by atoms with E-state index >= 15 is 0 Å². The third kappa shape index (κ3) is 32.8. The van der Waals surface area contributed by atoms with Crippen molar-refractivity contribution < 1.29 is 126 Å². The van der Waals surface area contributed by atoms with Gasteiger partial charge < -0.3 is 121 Å². The first-order chi connectivity index (χ1) is 53.5. The third-order valence-corrected chi connectivity index (χ3v) is 17.9. The molecule has 1 saturated heterocycles. The zero-order chi connectivity index (χ0) is 86.0. The molecule has 114 heavy (non-hydrogen) atoms. The Bertz CT molecular complexity index is 3810. The van der Waals surface area contributed by atoms with Gasteiger partial charge >= 0.3 is 29.8 Å². The van der Waals surface area contributed by atoms with E-state index in [2.05, 4.69) is 77.3 Å². The Balaban J connectivity index is 2.25. The number of hydrogen-bond acceptors (Lipinski definition) is 23. The molecule has 632 valence electrons. The van der Waals surface area contributed by atoms with Gasteiger partial charge in [-0.1, -0.05) is 78.5 Å². The maximum atomic E-state index is 14.9. The van der Waals surface area contributed by atoms with Gasteiger partial charge in [0.25, 0.3) is 0 Å². The number of carboxylic acid groups (broad SMARTS) is 4. The van der Waals surface area contributed by atoms with Crippen molar-refractivity contribution in [1.29, 1.82) is 0 Å². The highest BCUT2D eigenvalue weighted by molar-refractivity contribution is 6.02. The summed E-state index contributed by atoms with van der Waals surface area (Å²) in [4.78, 5) is 277. The molecule has 14 atom stereocenters. The van der Waals surface area contributed by atoms with Gasteiger partial charge in [-0.15, -0.1) is 0 Å². The van der Waals surface area contributed by atoms with Crippen molar-refractivity contribution in [2.75, 3.05) is 33.8 Å². The van der Waals surface area contributed by atoms with Gasteiger partial charge in [-0.05, 0) is 75.5 Å². The summed E-state index contributed by atoms with van der Waals surface area (Å²) in [6, 6.07) is -15.2. The van der Waals surface area contributed by atoms with E-state index in [-0.39, 0.29) is 38.6 Å². The number of rotatable bonds is 35. The van der Waals surface area contributed by atoms with Gasteiger partial charge in [-0.2, -0.15) is 0 Å². The fourth-order valence-electron chi connectivity index (χ4n) is 11.8. The van der Waals surface area contributed by atoms with Gasteiger partial charge in [0.2, 0.25) is 88.6 Å². The van der Waals surface area contributed by atoms with Crippen molar-refractivity contribution in [2.24, 2.45) is 35.0 Å². The van der Waals surface area contributed by atoms with Crippen LogP contribution in [0.4, 0.5) is 0 Å². The number of nitrogens with one attached hydrogen (secondary N) is 13. The lowest BCUT2D eigenvalue weighted by Gasteiger charge is -2.32. The molecule has 1 aromatic carbocycles. The van der Waals surface area contributed by atoms with Crippen molar-refractivity contribution in [2.45, 2.75) is 223 Å². The fourth-order valence-corrected chi connectivity index (χ4v) is 11.8. The number of aromatic nitrogens is 1. The van der Waals surface area contributed by atoms with E-state index in [1.165, 1.54) is 13.8 Å². The molecule has 0 saturated carbocycles. The van der Waals surface area contributed by atoms with Crippen LogP contribution in [-0.4, -0.2) is 261 Å². The Kier molecular flexibility index (Phi) is 40.1. The number of esters is 1. The zero-order valence-electron chi connectivity index (χ0n) is 64.8. The molecule has 14 unspecified atom stereocenters. The van der Waals surface area contributed by atoms with E-state index in [0.29, 0.717) is 40.1 Å². The maximum absolute atomic E-state index is 14.9. The predicted molar refractivity (Wildman–Crippen MR) is 397 cm³/mol. The molecule has 15 amide bonds. The van der Waals surface area contributed by atoms with Crippen LogP contribution >= 0.6 is 0 Å². The zero-order valence-corrected chi connectivity index (χ0v) is 64.8. The normalized spacial score (nSPS) is 21.8. The molecule has 0 spiro atoms. The second-order valence-corrected chi connectivity index (χ2v) is 28.3. The van der Waals surface area contributed by atoms with Gasteiger partial charge in [0.15, 0.2) is 6.10 Å². The SMILES string of the molecule is COC(C(=O)O)C1NC(=O)C(CCCCN)NC(=O)C(CC(=O)O)NC(=O)C(C)NC(=O)CN(C)C(=O)C(NC(=O)C(CC(=O)O)NC(=O)C(CC(N)=O)NC(=O)C(Cc2c[nH]c3ccccc23)NC(=O)CCCCCCC(C)C)C(C)OC(=O)C(C(C)C)NC(=O)C(C(C)CC(=O)O)NC(=O)C(CC(N)=O)NC(=O)CNC1=O. The molecule has 1 fully saturated rings. The Morgan fingerprint density at radius 1 is 0.596 bits per heavy atom. The van der Waals surface area contributed by atoms with Crippen LogP contribution in [0.3, 0.4) is 0 Å². The Hall–Kier alpha value is -11.9. The number of hydrogen-bond donors (Lipinski definition) is 20. The topological polar surface area (TPSA) is 682 Å². The number of nitrogens with zero attached hydrogens (tertiary/aromatic N) is 1. The van der Waals surface area contributed by atoms with E-state index in [1.807, 2.05) is 5.32 Å². The number of methoxy groups -OCH3 is 1. The molecule has 1 aromatic heterocycles. The van der Waals surface area contributed by atoms with Crippen LogP contribution in [0.2, 0.25) is 0 Å². The summed E-state index contributed by atoms with van der Waals surface area (Å²) in [5, 5.41) is 67.3. The van der Waals surface area contributed by atoms with Crippen molar-refractivity contribution >= 4 is 129 Å². The summed E-state index contributed by atoms with van der Waals surface area (Å²) in [6.07, 6.45) is -4.80. The third-order valence-electron chi connectivity index (χ3n) is 17.9. The molecular formula is C71H107N17O26. The van der Waals surface area contributed by atoms with Gasteiger partial charge in [-0.3, -0.25) is 86.3 Å². The number of unbranched alkanes of at least 4 members (excludes halogenated alkanes) is 4. The lowest BCUT2D eigenvalue weighted by Crippen LogP contribution is -2.62. The molecule has 0 radical (unpaired) electrons. The highest BCUT2D eigenvalue weighted by atomic mass is 16.5. The molecule has 2 aromatic rings.